The molecule has 1 aliphatic heterocycles. The fourth-order valence-corrected chi connectivity index (χ4v) is 2.97. The van der Waals surface area contributed by atoms with Crippen LogP contribution < -0.4 is 10.6 Å². The summed E-state index contributed by atoms with van der Waals surface area (Å²) in [5.41, 5.74) is -0.427. The fourth-order valence-electron chi connectivity index (χ4n) is 1.78. The van der Waals surface area contributed by atoms with Crippen molar-refractivity contribution < 1.29 is 9.53 Å². The number of amides is 1. The zero-order valence-corrected chi connectivity index (χ0v) is 12.7. The summed E-state index contributed by atoms with van der Waals surface area (Å²) in [7, 11) is 0. The topological polar surface area (TPSA) is 50.4 Å². The predicted octanol–water partition coefficient (Wildman–Crippen LogP) is 2.38. The number of thioether (sulfide) groups is 1. The Hall–Kier alpha value is -0.420. The standard InChI is InChI=1S/C13H26N2O2S/c1-10(15-12(16)17-13(2,3)4)5-7-14-11-6-8-18-9-11/h10-11,14H,5-9H2,1-4H3,(H,15,16). The lowest BCUT2D eigenvalue weighted by Gasteiger charge is -2.22. The van der Waals surface area contributed by atoms with Gasteiger partial charge in [-0.3, -0.25) is 0 Å². The van der Waals surface area contributed by atoms with Crippen molar-refractivity contribution in [3.63, 3.8) is 0 Å². The number of carbonyl (C=O) groups excluding carboxylic acids is 1. The van der Waals surface area contributed by atoms with Gasteiger partial charge in [-0.25, -0.2) is 4.79 Å². The number of nitrogens with one attached hydrogen (secondary N) is 2. The van der Waals surface area contributed by atoms with Crippen molar-refractivity contribution in [2.24, 2.45) is 0 Å². The van der Waals surface area contributed by atoms with E-state index in [1.807, 2.05) is 39.5 Å². The van der Waals surface area contributed by atoms with Crippen LogP contribution in [0.5, 0.6) is 0 Å². The minimum atomic E-state index is -0.427. The van der Waals surface area contributed by atoms with Crippen LogP contribution in [0.15, 0.2) is 0 Å². The fraction of sp³-hybridized carbons (Fsp3) is 0.923. The van der Waals surface area contributed by atoms with Crippen molar-refractivity contribution in [2.75, 3.05) is 18.1 Å². The highest BCUT2D eigenvalue weighted by atomic mass is 32.2. The summed E-state index contributed by atoms with van der Waals surface area (Å²) in [6.45, 7) is 8.57. The maximum absolute atomic E-state index is 11.5. The molecule has 0 bridgehead atoms. The summed E-state index contributed by atoms with van der Waals surface area (Å²) in [6.07, 6.45) is 1.87. The van der Waals surface area contributed by atoms with Crippen LogP contribution in [-0.4, -0.2) is 41.8 Å². The lowest BCUT2D eigenvalue weighted by atomic mass is 10.2. The Bertz CT molecular complexity index is 260. The second kappa shape index (κ2) is 7.24. The molecule has 2 N–H and O–H groups in total. The zero-order valence-electron chi connectivity index (χ0n) is 11.9. The first-order valence-electron chi connectivity index (χ1n) is 6.67. The maximum atomic E-state index is 11.5. The van der Waals surface area contributed by atoms with Gasteiger partial charge in [0, 0.05) is 17.8 Å². The third kappa shape index (κ3) is 7.11. The Kier molecular flexibility index (Phi) is 6.29. The van der Waals surface area contributed by atoms with E-state index in [9.17, 15) is 4.79 Å². The molecule has 1 heterocycles. The van der Waals surface area contributed by atoms with E-state index in [4.69, 9.17) is 4.74 Å². The number of hydrogen-bond acceptors (Lipinski definition) is 4. The molecule has 1 fully saturated rings. The molecule has 0 aromatic heterocycles. The van der Waals surface area contributed by atoms with Gasteiger partial charge >= 0.3 is 6.09 Å². The molecule has 2 unspecified atom stereocenters. The van der Waals surface area contributed by atoms with Gasteiger partial charge in [-0.1, -0.05) is 0 Å². The number of ether oxygens (including phenoxy) is 1. The lowest BCUT2D eigenvalue weighted by Crippen LogP contribution is -2.40. The minimum absolute atomic E-state index is 0.140. The lowest BCUT2D eigenvalue weighted by molar-refractivity contribution is 0.0506. The summed E-state index contributed by atoms with van der Waals surface area (Å²) >= 11 is 2.01. The van der Waals surface area contributed by atoms with E-state index in [-0.39, 0.29) is 12.1 Å². The molecule has 2 atom stereocenters. The van der Waals surface area contributed by atoms with Crippen LogP contribution in [-0.2, 0) is 4.74 Å². The van der Waals surface area contributed by atoms with Crippen LogP contribution in [0.25, 0.3) is 0 Å². The molecule has 1 aliphatic rings. The molecule has 18 heavy (non-hydrogen) atoms. The highest BCUT2D eigenvalue weighted by molar-refractivity contribution is 7.99. The Labute approximate surface area is 115 Å². The summed E-state index contributed by atoms with van der Waals surface area (Å²) in [5, 5.41) is 6.38. The van der Waals surface area contributed by atoms with Crippen LogP contribution in [0.2, 0.25) is 0 Å². The average molecular weight is 274 g/mol. The van der Waals surface area contributed by atoms with E-state index < -0.39 is 5.60 Å². The van der Waals surface area contributed by atoms with E-state index in [0.717, 1.165) is 13.0 Å². The molecule has 5 heteroatoms. The van der Waals surface area contributed by atoms with E-state index in [1.54, 1.807) is 0 Å². The van der Waals surface area contributed by atoms with Crippen LogP contribution in [0.4, 0.5) is 4.79 Å². The number of carbonyl (C=O) groups is 1. The monoisotopic (exact) mass is 274 g/mol. The van der Waals surface area contributed by atoms with Crippen molar-refractivity contribution in [1.29, 1.82) is 0 Å². The third-order valence-electron chi connectivity index (χ3n) is 2.70. The second-order valence-electron chi connectivity index (χ2n) is 5.85. The summed E-state index contributed by atoms with van der Waals surface area (Å²) < 4.78 is 5.21. The summed E-state index contributed by atoms with van der Waals surface area (Å²) in [6, 6.07) is 0.796. The number of rotatable bonds is 5. The molecular weight excluding hydrogens is 248 g/mol. The van der Waals surface area contributed by atoms with Gasteiger partial charge in [0.05, 0.1) is 0 Å². The smallest absolute Gasteiger partial charge is 0.407 e. The van der Waals surface area contributed by atoms with E-state index in [0.29, 0.717) is 6.04 Å². The van der Waals surface area contributed by atoms with Crippen molar-refractivity contribution in [3.8, 4) is 0 Å². The molecule has 0 aliphatic carbocycles. The summed E-state index contributed by atoms with van der Waals surface area (Å²) in [4.78, 5) is 11.5. The molecule has 0 aromatic carbocycles. The van der Waals surface area contributed by atoms with Crippen LogP contribution in [0.3, 0.4) is 0 Å². The average Bonchev–Trinajstić information content (AvgIpc) is 2.66. The van der Waals surface area contributed by atoms with Crippen molar-refractivity contribution >= 4 is 17.9 Å². The number of alkyl carbamates (subject to hydrolysis) is 1. The molecule has 106 valence electrons. The highest BCUT2D eigenvalue weighted by Crippen LogP contribution is 2.16. The van der Waals surface area contributed by atoms with Gasteiger partial charge in [0.2, 0.25) is 0 Å². The molecular formula is C13H26N2O2S. The van der Waals surface area contributed by atoms with Gasteiger partial charge in [-0.15, -0.1) is 0 Å². The van der Waals surface area contributed by atoms with Crippen LogP contribution in [0, 0.1) is 0 Å². The number of hydrogen-bond donors (Lipinski definition) is 2. The van der Waals surface area contributed by atoms with Gasteiger partial charge in [0.15, 0.2) is 0 Å². The second-order valence-corrected chi connectivity index (χ2v) is 7.00. The van der Waals surface area contributed by atoms with Crippen LogP contribution >= 0.6 is 11.8 Å². The van der Waals surface area contributed by atoms with E-state index >= 15 is 0 Å². The Morgan fingerprint density at radius 3 is 2.78 bits per heavy atom. The molecule has 0 radical (unpaired) electrons. The molecule has 1 amide bonds. The zero-order chi connectivity index (χ0) is 13.6. The van der Waals surface area contributed by atoms with E-state index in [2.05, 4.69) is 10.6 Å². The molecule has 4 nitrogen and oxygen atoms in total. The first-order chi connectivity index (χ1) is 8.37. The molecule has 0 aromatic rings. The Balaban J connectivity index is 2.09. The third-order valence-corrected chi connectivity index (χ3v) is 3.87. The molecule has 0 saturated carbocycles. The highest BCUT2D eigenvalue weighted by Gasteiger charge is 2.18. The molecule has 0 spiro atoms. The van der Waals surface area contributed by atoms with Crippen molar-refractivity contribution in [3.05, 3.63) is 0 Å². The molecule has 1 saturated heterocycles. The largest absolute Gasteiger partial charge is 0.444 e. The first kappa shape index (κ1) is 15.6. The van der Waals surface area contributed by atoms with Gasteiger partial charge in [-0.05, 0) is 52.8 Å². The predicted molar refractivity (Wildman–Crippen MR) is 77.2 cm³/mol. The van der Waals surface area contributed by atoms with E-state index in [1.165, 1.54) is 17.9 Å². The van der Waals surface area contributed by atoms with Gasteiger partial charge in [0.1, 0.15) is 5.60 Å². The Morgan fingerprint density at radius 1 is 1.50 bits per heavy atom. The molecule has 1 rings (SSSR count). The quantitative estimate of drug-likeness (QED) is 0.808. The van der Waals surface area contributed by atoms with Crippen molar-refractivity contribution in [2.45, 2.75) is 58.2 Å². The first-order valence-corrected chi connectivity index (χ1v) is 7.83. The summed E-state index contributed by atoms with van der Waals surface area (Å²) in [5.74, 6) is 2.48. The maximum Gasteiger partial charge on any atom is 0.407 e. The van der Waals surface area contributed by atoms with Crippen LogP contribution in [0.1, 0.15) is 40.5 Å². The van der Waals surface area contributed by atoms with Gasteiger partial charge in [-0.2, -0.15) is 11.8 Å². The van der Waals surface area contributed by atoms with Gasteiger partial charge in [0.25, 0.3) is 0 Å². The van der Waals surface area contributed by atoms with Crippen molar-refractivity contribution in [1.82, 2.24) is 10.6 Å². The van der Waals surface area contributed by atoms with Gasteiger partial charge < -0.3 is 15.4 Å². The Morgan fingerprint density at radius 2 is 2.22 bits per heavy atom. The SMILES string of the molecule is CC(CCNC1CCSC1)NC(=O)OC(C)(C)C. The normalized spacial score (nSPS) is 21.7. The minimum Gasteiger partial charge on any atom is -0.444 e.